The minimum Gasteiger partial charge on any atom is -0.399 e. The van der Waals surface area contributed by atoms with Gasteiger partial charge in [0.25, 0.3) is 5.89 Å². The molecule has 0 saturated heterocycles. The van der Waals surface area contributed by atoms with E-state index in [0.29, 0.717) is 11.7 Å². The topological polar surface area (TPSA) is 74.2 Å². The molecule has 2 aromatic rings. The molecule has 0 aliphatic carbocycles. The maximum atomic E-state index is 5.78. The molecule has 0 unspecified atom stereocenters. The van der Waals surface area contributed by atoms with Crippen molar-refractivity contribution in [3.05, 3.63) is 29.6 Å². The molecule has 18 heavy (non-hydrogen) atoms. The highest BCUT2D eigenvalue weighted by Crippen LogP contribution is 2.26. The van der Waals surface area contributed by atoms with Gasteiger partial charge in [-0.1, -0.05) is 5.16 Å². The Hall–Kier alpha value is -1.88. The summed E-state index contributed by atoms with van der Waals surface area (Å²) in [5.74, 6) is 0.993. The fourth-order valence-corrected chi connectivity index (χ4v) is 1.49. The maximum Gasteiger partial charge on any atom is 0.258 e. The van der Waals surface area contributed by atoms with Crippen molar-refractivity contribution < 1.29 is 9.26 Å². The minimum absolute atomic E-state index is 0.471. The van der Waals surface area contributed by atoms with Crippen molar-refractivity contribution in [1.29, 1.82) is 0 Å². The Morgan fingerprint density at radius 2 is 2.06 bits per heavy atom. The van der Waals surface area contributed by atoms with E-state index in [1.807, 2.05) is 39.0 Å². The second-order valence-electron chi connectivity index (χ2n) is 4.71. The average molecular weight is 247 g/mol. The first-order valence-corrected chi connectivity index (χ1v) is 5.70. The Labute approximate surface area is 106 Å². The fraction of sp³-hybridized carbons (Fsp3) is 0.385. The van der Waals surface area contributed by atoms with E-state index < -0.39 is 5.60 Å². The molecule has 2 N–H and O–H groups in total. The monoisotopic (exact) mass is 247 g/mol. The Morgan fingerprint density at radius 1 is 1.33 bits per heavy atom. The Bertz CT molecular complexity index is 561. The van der Waals surface area contributed by atoms with Gasteiger partial charge in [-0.25, -0.2) is 0 Å². The van der Waals surface area contributed by atoms with Crippen LogP contribution in [0.1, 0.15) is 25.2 Å². The summed E-state index contributed by atoms with van der Waals surface area (Å²) >= 11 is 0. The third kappa shape index (κ3) is 2.22. The molecular weight excluding hydrogens is 230 g/mol. The van der Waals surface area contributed by atoms with E-state index in [2.05, 4.69) is 10.1 Å². The number of hydrogen-bond donors (Lipinski definition) is 1. The predicted octanol–water partition coefficient (Wildman–Crippen LogP) is 2.51. The molecule has 0 amide bonds. The van der Waals surface area contributed by atoms with Gasteiger partial charge in [0.1, 0.15) is 5.60 Å². The molecule has 0 saturated carbocycles. The number of hydrogen-bond acceptors (Lipinski definition) is 5. The highest BCUT2D eigenvalue weighted by atomic mass is 16.5. The average Bonchev–Trinajstić information content (AvgIpc) is 2.83. The van der Waals surface area contributed by atoms with Crippen molar-refractivity contribution in [3.8, 4) is 11.5 Å². The van der Waals surface area contributed by atoms with Gasteiger partial charge in [0.05, 0.1) is 0 Å². The summed E-state index contributed by atoms with van der Waals surface area (Å²) in [6.07, 6.45) is 0. The zero-order valence-corrected chi connectivity index (χ0v) is 11.0. The number of anilines is 1. The number of rotatable bonds is 3. The first-order valence-electron chi connectivity index (χ1n) is 5.70. The quantitative estimate of drug-likeness (QED) is 0.843. The second kappa shape index (κ2) is 4.42. The van der Waals surface area contributed by atoms with Crippen molar-refractivity contribution in [2.45, 2.75) is 26.4 Å². The summed E-state index contributed by atoms with van der Waals surface area (Å²) in [4.78, 5) is 4.35. The van der Waals surface area contributed by atoms with Crippen molar-refractivity contribution in [2.24, 2.45) is 0 Å². The molecule has 0 spiro atoms. The van der Waals surface area contributed by atoms with E-state index in [0.717, 1.165) is 16.8 Å². The van der Waals surface area contributed by atoms with Crippen molar-refractivity contribution in [1.82, 2.24) is 10.1 Å². The van der Waals surface area contributed by atoms with E-state index in [-0.39, 0.29) is 0 Å². The van der Waals surface area contributed by atoms with Crippen LogP contribution in [0.25, 0.3) is 11.5 Å². The third-order valence-electron chi connectivity index (χ3n) is 2.99. The van der Waals surface area contributed by atoms with Gasteiger partial charge < -0.3 is 15.0 Å². The lowest BCUT2D eigenvalue weighted by molar-refractivity contribution is 0.00973. The minimum atomic E-state index is -0.565. The van der Waals surface area contributed by atoms with Crippen molar-refractivity contribution in [3.63, 3.8) is 0 Å². The molecule has 1 heterocycles. The van der Waals surface area contributed by atoms with Gasteiger partial charge in [0.15, 0.2) is 0 Å². The van der Waals surface area contributed by atoms with Gasteiger partial charge >= 0.3 is 0 Å². The molecule has 5 heteroatoms. The summed E-state index contributed by atoms with van der Waals surface area (Å²) < 4.78 is 10.6. The summed E-state index contributed by atoms with van der Waals surface area (Å²) in [5, 5.41) is 3.94. The number of benzene rings is 1. The molecule has 5 nitrogen and oxygen atoms in total. The molecule has 96 valence electrons. The van der Waals surface area contributed by atoms with Crippen LogP contribution in [0.2, 0.25) is 0 Å². The normalized spacial score (nSPS) is 11.8. The lowest BCUT2D eigenvalue weighted by Gasteiger charge is -2.17. The molecule has 0 bridgehead atoms. The first-order chi connectivity index (χ1) is 8.44. The van der Waals surface area contributed by atoms with E-state index >= 15 is 0 Å². The molecule has 0 aliphatic heterocycles. The van der Waals surface area contributed by atoms with Crippen LogP contribution in [0.4, 0.5) is 5.69 Å². The molecule has 0 fully saturated rings. The zero-order chi connectivity index (χ0) is 13.3. The predicted molar refractivity (Wildman–Crippen MR) is 68.9 cm³/mol. The summed E-state index contributed by atoms with van der Waals surface area (Å²) in [5.41, 5.74) is 7.80. The third-order valence-corrected chi connectivity index (χ3v) is 2.99. The Balaban J connectivity index is 2.38. The van der Waals surface area contributed by atoms with Crippen LogP contribution in [-0.4, -0.2) is 17.3 Å². The maximum absolute atomic E-state index is 5.78. The molecule has 0 aliphatic rings. The van der Waals surface area contributed by atoms with E-state index in [1.54, 1.807) is 7.11 Å². The number of methoxy groups -OCH3 is 1. The number of aryl methyl sites for hydroxylation is 1. The number of nitrogen functional groups attached to an aromatic ring is 1. The van der Waals surface area contributed by atoms with Crippen LogP contribution in [0.3, 0.4) is 0 Å². The molecule has 2 rings (SSSR count). The van der Waals surface area contributed by atoms with Crippen LogP contribution < -0.4 is 5.73 Å². The van der Waals surface area contributed by atoms with Gasteiger partial charge in [-0.15, -0.1) is 0 Å². The molecule has 0 radical (unpaired) electrons. The van der Waals surface area contributed by atoms with Gasteiger partial charge in [0, 0.05) is 18.4 Å². The van der Waals surface area contributed by atoms with Crippen LogP contribution in [-0.2, 0) is 10.3 Å². The second-order valence-corrected chi connectivity index (χ2v) is 4.71. The zero-order valence-electron chi connectivity index (χ0n) is 11.0. The number of nitrogens with zero attached hydrogens (tertiary/aromatic N) is 2. The van der Waals surface area contributed by atoms with E-state index in [4.69, 9.17) is 15.0 Å². The summed E-state index contributed by atoms with van der Waals surface area (Å²) in [6.45, 7) is 5.71. The van der Waals surface area contributed by atoms with Crippen LogP contribution in [0.5, 0.6) is 0 Å². The fourth-order valence-electron chi connectivity index (χ4n) is 1.49. The molecule has 1 aromatic heterocycles. The number of ether oxygens (including phenoxy) is 1. The number of nitrogens with two attached hydrogens (primary N) is 1. The van der Waals surface area contributed by atoms with Crippen molar-refractivity contribution >= 4 is 5.69 Å². The highest BCUT2D eigenvalue weighted by Gasteiger charge is 2.26. The highest BCUT2D eigenvalue weighted by molar-refractivity contribution is 5.60. The van der Waals surface area contributed by atoms with Crippen LogP contribution in [0, 0.1) is 6.92 Å². The lowest BCUT2D eigenvalue weighted by Crippen LogP contribution is -2.21. The molecule has 0 atom stereocenters. The lowest BCUT2D eigenvalue weighted by atomic mass is 10.1. The van der Waals surface area contributed by atoms with E-state index in [9.17, 15) is 0 Å². The summed E-state index contributed by atoms with van der Waals surface area (Å²) in [7, 11) is 1.61. The van der Waals surface area contributed by atoms with Gasteiger partial charge in [-0.3, -0.25) is 0 Å². The Kier molecular flexibility index (Phi) is 3.09. The SMILES string of the molecule is COC(C)(C)c1noc(-c2ccc(N)c(C)c2)n1. The Morgan fingerprint density at radius 3 is 2.67 bits per heavy atom. The van der Waals surface area contributed by atoms with Gasteiger partial charge in [-0.2, -0.15) is 4.98 Å². The standard InChI is InChI=1S/C13H17N3O2/c1-8-7-9(5-6-10(8)14)11-15-12(16-18-11)13(2,3)17-4/h5-7H,14H2,1-4H3. The first kappa shape index (κ1) is 12.6. The number of aromatic nitrogens is 2. The molecular formula is C13H17N3O2. The van der Waals surface area contributed by atoms with Gasteiger partial charge in [-0.05, 0) is 44.5 Å². The van der Waals surface area contributed by atoms with Crippen LogP contribution >= 0.6 is 0 Å². The van der Waals surface area contributed by atoms with E-state index in [1.165, 1.54) is 0 Å². The van der Waals surface area contributed by atoms with Crippen LogP contribution in [0.15, 0.2) is 22.7 Å². The van der Waals surface area contributed by atoms with Crippen molar-refractivity contribution in [2.75, 3.05) is 12.8 Å². The molecule has 1 aromatic carbocycles. The summed E-state index contributed by atoms with van der Waals surface area (Å²) in [6, 6.07) is 5.61. The smallest absolute Gasteiger partial charge is 0.258 e. The largest absolute Gasteiger partial charge is 0.399 e. The van der Waals surface area contributed by atoms with Gasteiger partial charge in [0.2, 0.25) is 5.82 Å².